The lowest BCUT2D eigenvalue weighted by molar-refractivity contribution is 0.102. The normalized spacial score (nSPS) is 10.7. The zero-order valence-electron chi connectivity index (χ0n) is 12.2. The molecule has 0 fully saturated rings. The van der Waals surface area contributed by atoms with Crippen molar-refractivity contribution in [1.82, 2.24) is 0 Å². The Morgan fingerprint density at radius 3 is 2.38 bits per heavy atom. The van der Waals surface area contributed by atoms with Crippen molar-refractivity contribution in [1.29, 1.82) is 0 Å². The Labute approximate surface area is 124 Å². The first-order chi connectivity index (χ1) is 10.0. The fourth-order valence-electron chi connectivity index (χ4n) is 2.00. The number of benzene rings is 2. The van der Waals surface area contributed by atoms with Gasteiger partial charge in [0, 0.05) is 12.1 Å². The summed E-state index contributed by atoms with van der Waals surface area (Å²) in [5.74, 6) is -0.404. The molecule has 0 aliphatic heterocycles. The highest BCUT2D eigenvalue weighted by Crippen LogP contribution is 2.18. The van der Waals surface area contributed by atoms with E-state index in [-0.39, 0.29) is 18.1 Å². The average molecular weight is 286 g/mol. The maximum absolute atomic E-state index is 13.8. The summed E-state index contributed by atoms with van der Waals surface area (Å²) in [5.41, 5.74) is 7.95. The van der Waals surface area contributed by atoms with Gasteiger partial charge in [-0.2, -0.15) is 0 Å². The molecule has 0 saturated carbocycles. The largest absolute Gasteiger partial charge is 0.326 e. The number of hydrogen-bond acceptors (Lipinski definition) is 2. The SMILES string of the molecule is CC(C)c1ccc(C(=O)Nc2ccc(CN)cc2F)cc1. The molecule has 3 nitrogen and oxygen atoms in total. The molecule has 0 aliphatic carbocycles. The molecule has 0 radical (unpaired) electrons. The Kier molecular flexibility index (Phi) is 4.70. The van der Waals surface area contributed by atoms with Gasteiger partial charge in [-0.25, -0.2) is 4.39 Å². The lowest BCUT2D eigenvalue weighted by Gasteiger charge is -2.09. The van der Waals surface area contributed by atoms with Crippen molar-refractivity contribution in [2.24, 2.45) is 5.73 Å². The Bertz CT molecular complexity index is 636. The summed E-state index contributed by atoms with van der Waals surface area (Å²) >= 11 is 0. The molecule has 0 heterocycles. The van der Waals surface area contributed by atoms with E-state index in [2.05, 4.69) is 19.2 Å². The number of hydrogen-bond donors (Lipinski definition) is 2. The number of carbonyl (C=O) groups is 1. The van der Waals surface area contributed by atoms with Crippen molar-refractivity contribution in [3.63, 3.8) is 0 Å². The Hall–Kier alpha value is -2.20. The molecule has 2 aromatic carbocycles. The third-order valence-electron chi connectivity index (χ3n) is 3.36. The second-order valence-corrected chi connectivity index (χ2v) is 5.25. The van der Waals surface area contributed by atoms with Crippen LogP contribution in [-0.2, 0) is 6.54 Å². The Morgan fingerprint density at radius 2 is 1.86 bits per heavy atom. The monoisotopic (exact) mass is 286 g/mol. The van der Waals surface area contributed by atoms with E-state index < -0.39 is 5.82 Å². The summed E-state index contributed by atoms with van der Waals surface area (Å²) in [6.07, 6.45) is 0. The lowest BCUT2D eigenvalue weighted by atomic mass is 10.0. The van der Waals surface area contributed by atoms with E-state index in [1.54, 1.807) is 18.2 Å². The van der Waals surface area contributed by atoms with Crippen LogP contribution in [0.5, 0.6) is 0 Å². The van der Waals surface area contributed by atoms with Crippen molar-refractivity contribution in [3.8, 4) is 0 Å². The van der Waals surface area contributed by atoms with E-state index in [1.807, 2.05) is 12.1 Å². The van der Waals surface area contributed by atoms with Gasteiger partial charge in [-0.1, -0.05) is 32.0 Å². The predicted octanol–water partition coefficient (Wildman–Crippen LogP) is 3.66. The van der Waals surface area contributed by atoms with E-state index in [0.29, 0.717) is 17.0 Å². The van der Waals surface area contributed by atoms with Crippen LogP contribution in [0.15, 0.2) is 42.5 Å². The van der Waals surface area contributed by atoms with Crippen LogP contribution in [0, 0.1) is 5.82 Å². The summed E-state index contributed by atoms with van der Waals surface area (Å²) < 4.78 is 13.8. The molecule has 4 heteroatoms. The average Bonchev–Trinajstić information content (AvgIpc) is 2.49. The molecule has 110 valence electrons. The molecule has 0 spiro atoms. The highest BCUT2D eigenvalue weighted by Gasteiger charge is 2.10. The van der Waals surface area contributed by atoms with Crippen molar-refractivity contribution < 1.29 is 9.18 Å². The molecule has 2 rings (SSSR count). The minimum Gasteiger partial charge on any atom is -0.326 e. The maximum atomic E-state index is 13.8. The molecule has 3 N–H and O–H groups in total. The summed E-state index contributed by atoms with van der Waals surface area (Å²) in [5, 5.41) is 2.57. The fraction of sp³-hybridized carbons (Fsp3) is 0.235. The summed E-state index contributed by atoms with van der Waals surface area (Å²) in [4.78, 5) is 12.1. The highest BCUT2D eigenvalue weighted by atomic mass is 19.1. The van der Waals surface area contributed by atoms with Gasteiger partial charge in [0.25, 0.3) is 5.91 Å². The summed E-state index contributed by atoms with van der Waals surface area (Å²) in [7, 11) is 0. The van der Waals surface area contributed by atoms with Crippen LogP contribution in [-0.4, -0.2) is 5.91 Å². The molecular formula is C17H19FN2O. The molecule has 2 aromatic rings. The third kappa shape index (κ3) is 3.67. The van der Waals surface area contributed by atoms with Crippen LogP contribution >= 0.6 is 0 Å². The van der Waals surface area contributed by atoms with Crippen molar-refractivity contribution in [2.45, 2.75) is 26.3 Å². The van der Waals surface area contributed by atoms with Crippen molar-refractivity contribution in [2.75, 3.05) is 5.32 Å². The van der Waals surface area contributed by atoms with Gasteiger partial charge in [-0.3, -0.25) is 4.79 Å². The zero-order chi connectivity index (χ0) is 15.4. The van der Waals surface area contributed by atoms with Crippen molar-refractivity contribution >= 4 is 11.6 Å². The summed E-state index contributed by atoms with van der Waals surface area (Å²) in [6, 6.07) is 11.9. The molecule has 0 atom stereocenters. The molecule has 1 amide bonds. The van der Waals surface area contributed by atoms with Crippen LogP contribution in [0.1, 0.15) is 41.3 Å². The van der Waals surface area contributed by atoms with Crippen LogP contribution in [0.25, 0.3) is 0 Å². The molecule has 0 bridgehead atoms. The fourth-order valence-corrected chi connectivity index (χ4v) is 2.00. The second-order valence-electron chi connectivity index (χ2n) is 5.25. The zero-order valence-corrected chi connectivity index (χ0v) is 12.2. The number of nitrogens with two attached hydrogens (primary N) is 1. The lowest BCUT2D eigenvalue weighted by Crippen LogP contribution is -2.13. The van der Waals surface area contributed by atoms with Gasteiger partial charge in [-0.15, -0.1) is 0 Å². The maximum Gasteiger partial charge on any atom is 0.255 e. The minimum absolute atomic E-state index is 0.158. The number of halogens is 1. The molecule has 21 heavy (non-hydrogen) atoms. The Morgan fingerprint density at radius 1 is 1.19 bits per heavy atom. The quantitative estimate of drug-likeness (QED) is 0.901. The van der Waals surface area contributed by atoms with Crippen LogP contribution in [0.4, 0.5) is 10.1 Å². The molecule has 0 aromatic heterocycles. The number of amides is 1. The van der Waals surface area contributed by atoms with E-state index >= 15 is 0 Å². The number of carbonyl (C=O) groups excluding carboxylic acids is 1. The summed E-state index contributed by atoms with van der Waals surface area (Å²) in [6.45, 7) is 4.44. The first-order valence-electron chi connectivity index (χ1n) is 6.91. The molecular weight excluding hydrogens is 267 g/mol. The molecule has 0 unspecified atom stereocenters. The number of anilines is 1. The van der Waals surface area contributed by atoms with Gasteiger partial charge in [0.05, 0.1) is 5.69 Å². The number of nitrogens with one attached hydrogen (secondary N) is 1. The van der Waals surface area contributed by atoms with E-state index in [0.717, 1.165) is 5.56 Å². The Balaban J connectivity index is 2.14. The smallest absolute Gasteiger partial charge is 0.255 e. The first-order valence-corrected chi connectivity index (χ1v) is 6.91. The standard InChI is InChI=1S/C17H19FN2O/c1-11(2)13-4-6-14(7-5-13)17(21)20-16-8-3-12(10-19)9-15(16)18/h3-9,11H,10,19H2,1-2H3,(H,20,21). The van der Waals surface area contributed by atoms with Crippen LogP contribution < -0.4 is 11.1 Å². The predicted molar refractivity (Wildman–Crippen MR) is 82.8 cm³/mol. The first kappa shape index (κ1) is 15.2. The van der Waals surface area contributed by atoms with E-state index in [1.165, 1.54) is 12.1 Å². The molecule has 0 saturated heterocycles. The third-order valence-corrected chi connectivity index (χ3v) is 3.36. The molecule has 0 aliphatic rings. The second kappa shape index (κ2) is 6.50. The van der Waals surface area contributed by atoms with E-state index in [9.17, 15) is 9.18 Å². The number of rotatable bonds is 4. The van der Waals surface area contributed by atoms with Gasteiger partial charge in [0.1, 0.15) is 5.82 Å². The van der Waals surface area contributed by atoms with Crippen LogP contribution in [0.3, 0.4) is 0 Å². The minimum atomic E-state index is -0.481. The van der Waals surface area contributed by atoms with Crippen molar-refractivity contribution in [3.05, 3.63) is 65.0 Å². The van der Waals surface area contributed by atoms with Gasteiger partial charge in [-0.05, 0) is 41.3 Å². The topological polar surface area (TPSA) is 55.1 Å². The highest BCUT2D eigenvalue weighted by molar-refractivity contribution is 6.04. The van der Waals surface area contributed by atoms with Gasteiger partial charge < -0.3 is 11.1 Å². The van der Waals surface area contributed by atoms with E-state index in [4.69, 9.17) is 5.73 Å². The van der Waals surface area contributed by atoms with Gasteiger partial charge >= 0.3 is 0 Å². The van der Waals surface area contributed by atoms with Gasteiger partial charge in [0.15, 0.2) is 0 Å². The van der Waals surface area contributed by atoms with Crippen LogP contribution in [0.2, 0.25) is 0 Å². The van der Waals surface area contributed by atoms with Gasteiger partial charge in [0.2, 0.25) is 0 Å².